The SMILES string of the molecule is ClC1CCN(CC2CCCC2)C1. The molecule has 12 heavy (non-hydrogen) atoms. The maximum Gasteiger partial charge on any atom is 0.0475 e. The molecular formula is C10H18ClN. The Hall–Kier alpha value is 0.250. The van der Waals surface area contributed by atoms with Gasteiger partial charge in [-0.25, -0.2) is 0 Å². The monoisotopic (exact) mass is 187 g/mol. The largest absolute Gasteiger partial charge is 0.302 e. The van der Waals surface area contributed by atoms with Gasteiger partial charge in [0.25, 0.3) is 0 Å². The van der Waals surface area contributed by atoms with Crippen molar-refractivity contribution in [1.29, 1.82) is 0 Å². The first-order valence-electron chi connectivity index (χ1n) is 5.21. The molecule has 0 bridgehead atoms. The molecule has 0 radical (unpaired) electrons. The van der Waals surface area contributed by atoms with Crippen LogP contribution < -0.4 is 0 Å². The summed E-state index contributed by atoms with van der Waals surface area (Å²) in [7, 11) is 0. The Morgan fingerprint density at radius 3 is 2.50 bits per heavy atom. The second-order valence-corrected chi connectivity index (χ2v) is 4.91. The van der Waals surface area contributed by atoms with E-state index < -0.39 is 0 Å². The first-order chi connectivity index (χ1) is 5.84. The van der Waals surface area contributed by atoms with Crippen molar-refractivity contribution in [2.45, 2.75) is 37.5 Å². The van der Waals surface area contributed by atoms with Gasteiger partial charge in [0.2, 0.25) is 0 Å². The number of rotatable bonds is 2. The highest BCUT2D eigenvalue weighted by atomic mass is 35.5. The molecule has 1 aliphatic carbocycles. The number of alkyl halides is 1. The molecule has 1 saturated carbocycles. The molecule has 0 aromatic rings. The zero-order valence-corrected chi connectivity index (χ0v) is 8.39. The number of likely N-dealkylation sites (tertiary alicyclic amines) is 1. The summed E-state index contributed by atoms with van der Waals surface area (Å²) >= 11 is 6.05. The zero-order chi connectivity index (χ0) is 8.39. The van der Waals surface area contributed by atoms with Gasteiger partial charge in [-0.2, -0.15) is 0 Å². The Bertz CT molecular complexity index is 143. The summed E-state index contributed by atoms with van der Waals surface area (Å²) in [5.74, 6) is 0.993. The molecule has 1 unspecified atom stereocenters. The Morgan fingerprint density at radius 2 is 1.92 bits per heavy atom. The molecular weight excluding hydrogens is 170 g/mol. The number of nitrogens with zero attached hydrogens (tertiary/aromatic N) is 1. The predicted octanol–water partition coefficient (Wildman–Crippen LogP) is 2.49. The molecule has 0 amide bonds. The summed E-state index contributed by atoms with van der Waals surface area (Å²) in [6.07, 6.45) is 7.05. The van der Waals surface area contributed by atoms with E-state index >= 15 is 0 Å². The van der Waals surface area contributed by atoms with Gasteiger partial charge in [-0.1, -0.05) is 12.8 Å². The Labute approximate surface area is 80.1 Å². The van der Waals surface area contributed by atoms with Crippen molar-refractivity contribution in [3.05, 3.63) is 0 Å². The van der Waals surface area contributed by atoms with Crippen LogP contribution in [-0.4, -0.2) is 29.9 Å². The number of halogens is 1. The molecule has 1 aliphatic heterocycles. The first-order valence-corrected chi connectivity index (χ1v) is 5.64. The van der Waals surface area contributed by atoms with Crippen molar-refractivity contribution in [2.75, 3.05) is 19.6 Å². The Kier molecular flexibility index (Phi) is 2.92. The lowest BCUT2D eigenvalue weighted by molar-refractivity contribution is 0.280. The summed E-state index contributed by atoms with van der Waals surface area (Å²) < 4.78 is 0. The van der Waals surface area contributed by atoms with Crippen LogP contribution in [0.2, 0.25) is 0 Å². The molecule has 1 atom stereocenters. The summed E-state index contributed by atoms with van der Waals surface area (Å²) in [6.45, 7) is 3.70. The van der Waals surface area contributed by atoms with Crippen LogP contribution in [0.15, 0.2) is 0 Å². The molecule has 2 rings (SSSR count). The van der Waals surface area contributed by atoms with E-state index in [0.717, 1.165) is 12.5 Å². The predicted molar refractivity (Wildman–Crippen MR) is 52.7 cm³/mol. The Balaban J connectivity index is 1.72. The van der Waals surface area contributed by atoms with E-state index in [1.807, 2.05) is 0 Å². The van der Waals surface area contributed by atoms with E-state index in [2.05, 4.69) is 4.90 Å². The summed E-state index contributed by atoms with van der Waals surface area (Å²) in [5, 5.41) is 0.436. The highest BCUT2D eigenvalue weighted by molar-refractivity contribution is 6.20. The molecule has 2 heteroatoms. The van der Waals surface area contributed by atoms with E-state index in [-0.39, 0.29) is 0 Å². The van der Waals surface area contributed by atoms with Crippen molar-refractivity contribution >= 4 is 11.6 Å². The lowest BCUT2D eigenvalue weighted by Crippen LogP contribution is -2.26. The molecule has 0 aromatic carbocycles. The van der Waals surface area contributed by atoms with Crippen molar-refractivity contribution in [2.24, 2.45) is 5.92 Å². The second kappa shape index (κ2) is 3.97. The molecule has 1 nitrogen and oxygen atoms in total. The third-order valence-corrected chi connectivity index (χ3v) is 3.56. The minimum absolute atomic E-state index is 0.436. The third kappa shape index (κ3) is 2.14. The fraction of sp³-hybridized carbons (Fsp3) is 1.00. The van der Waals surface area contributed by atoms with Crippen molar-refractivity contribution in [1.82, 2.24) is 4.90 Å². The van der Waals surface area contributed by atoms with Crippen LogP contribution in [0.5, 0.6) is 0 Å². The average Bonchev–Trinajstić information content (AvgIpc) is 2.63. The second-order valence-electron chi connectivity index (χ2n) is 4.30. The topological polar surface area (TPSA) is 3.24 Å². The van der Waals surface area contributed by atoms with Crippen LogP contribution in [0, 0.1) is 5.92 Å². The van der Waals surface area contributed by atoms with Gasteiger partial charge in [0.05, 0.1) is 0 Å². The number of hydrogen-bond donors (Lipinski definition) is 0. The standard InChI is InChI=1S/C10H18ClN/c11-10-5-6-12(8-10)7-9-3-1-2-4-9/h9-10H,1-8H2. The van der Waals surface area contributed by atoms with Gasteiger partial charge in [-0.05, 0) is 31.7 Å². The lowest BCUT2D eigenvalue weighted by atomic mass is 10.1. The van der Waals surface area contributed by atoms with Crippen molar-refractivity contribution in [3.8, 4) is 0 Å². The van der Waals surface area contributed by atoms with Crippen molar-refractivity contribution < 1.29 is 0 Å². The van der Waals surface area contributed by atoms with E-state index in [9.17, 15) is 0 Å². The van der Waals surface area contributed by atoms with Crippen LogP contribution in [-0.2, 0) is 0 Å². The van der Waals surface area contributed by atoms with Crippen LogP contribution in [0.3, 0.4) is 0 Å². The van der Waals surface area contributed by atoms with Gasteiger partial charge in [-0.3, -0.25) is 0 Å². The van der Waals surface area contributed by atoms with Gasteiger partial charge < -0.3 is 4.90 Å². The summed E-state index contributed by atoms with van der Waals surface area (Å²) in [6, 6.07) is 0. The molecule has 1 heterocycles. The molecule has 0 N–H and O–H groups in total. The molecule has 0 aromatic heterocycles. The van der Waals surface area contributed by atoms with Gasteiger partial charge in [0.1, 0.15) is 0 Å². The smallest absolute Gasteiger partial charge is 0.0475 e. The Morgan fingerprint density at radius 1 is 1.17 bits per heavy atom. The molecule has 1 saturated heterocycles. The highest BCUT2D eigenvalue weighted by Crippen LogP contribution is 2.27. The highest BCUT2D eigenvalue weighted by Gasteiger charge is 2.24. The minimum atomic E-state index is 0.436. The molecule has 2 aliphatic rings. The van der Waals surface area contributed by atoms with E-state index in [4.69, 9.17) is 11.6 Å². The van der Waals surface area contributed by atoms with E-state index in [0.29, 0.717) is 5.38 Å². The molecule has 2 fully saturated rings. The average molecular weight is 188 g/mol. The maximum atomic E-state index is 6.05. The molecule has 70 valence electrons. The fourth-order valence-corrected chi connectivity index (χ4v) is 2.80. The van der Waals surface area contributed by atoms with Crippen LogP contribution in [0.25, 0.3) is 0 Å². The van der Waals surface area contributed by atoms with Crippen molar-refractivity contribution in [3.63, 3.8) is 0 Å². The van der Waals surface area contributed by atoms with Crippen LogP contribution in [0.4, 0.5) is 0 Å². The van der Waals surface area contributed by atoms with Gasteiger partial charge in [0, 0.05) is 18.5 Å². The fourth-order valence-electron chi connectivity index (χ4n) is 2.51. The van der Waals surface area contributed by atoms with Gasteiger partial charge >= 0.3 is 0 Å². The first kappa shape index (κ1) is 8.83. The van der Waals surface area contributed by atoms with E-state index in [1.54, 1.807) is 0 Å². The van der Waals surface area contributed by atoms with Gasteiger partial charge in [-0.15, -0.1) is 11.6 Å². The minimum Gasteiger partial charge on any atom is -0.302 e. The lowest BCUT2D eigenvalue weighted by Gasteiger charge is -2.19. The summed E-state index contributed by atoms with van der Waals surface area (Å²) in [4.78, 5) is 2.55. The summed E-state index contributed by atoms with van der Waals surface area (Å²) in [5.41, 5.74) is 0. The van der Waals surface area contributed by atoms with Crippen LogP contribution in [0.1, 0.15) is 32.1 Å². The van der Waals surface area contributed by atoms with E-state index in [1.165, 1.54) is 45.2 Å². The molecule has 0 spiro atoms. The maximum absolute atomic E-state index is 6.05. The van der Waals surface area contributed by atoms with Gasteiger partial charge in [0.15, 0.2) is 0 Å². The van der Waals surface area contributed by atoms with Crippen LogP contribution >= 0.6 is 11.6 Å². The zero-order valence-electron chi connectivity index (χ0n) is 7.64. The quantitative estimate of drug-likeness (QED) is 0.601. The number of hydrogen-bond acceptors (Lipinski definition) is 1. The third-order valence-electron chi connectivity index (χ3n) is 3.21. The normalized spacial score (nSPS) is 33.2.